The number of hydrogen-bond donors (Lipinski definition) is 1. The van der Waals surface area contributed by atoms with E-state index < -0.39 is 10.1 Å². The molecule has 3 rings (SSSR count). The van der Waals surface area contributed by atoms with Crippen LogP contribution < -0.4 is 8.92 Å². The minimum Gasteiger partial charge on any atom is -0.508 e. The van der Waals surface area contributed by atoms with Crippen LogP contribution in [0.3, 0.4) is 0 Å². The van der Waals surface area contributed by atoms with Crippen molar-refractivity contribution in [3.8, 4) is 17.2 Å². The van der Waals surface area contributed by atoms with Gasteiger partial charge in [-0.1, -0.05) is 48.2 Å². The van der Waals surface area contributed by atoms with Crippen LogP contribution in [0.25, 0.3) is 0 Å². The highest BCUT2D eigenvalue weighted by Crippen LogP contribution is 2.24. The Kier molecular flexibility index (Phi) is 10.6. The number of ether oxygens (including phenoxy) is 1. The molecule has 0 aromatic heterocycles. The molecule has 0 saturated heterocycles. The number of carbonyl (C=O) groups is 1. The summed E-state index contributed by atoms with van der Waals surface area (Å²) in [5.41, 5.74) is 3.38. The molecule has 1 unspecified atom stereocenters. The number of carbonyl (C=O) groups excluding carboxylic acids is 1. The summed E-state index contributed by atoms with van der Waals surface area (Å²) in [6, 6.07) is 21.9. The Hall–Kier alpha value is -2.62. The minimum absolute atomic E-state index is 0.110. The molecular formula is C27H30O6S3. The maximum absolute atomic E-state index is 12.5. The van der Waals surface area contributed by atoms with Gasteiger partial charge >= 0.3 is 10.1 Å². The van der Waals surface area contributed by atoms with Crippen molar-refractivity contribution in [2.75, 3.05) is 24.9 Å². The highest BCUT2D eigenvalue weighted by molar-refractivity contribution is 8.15. The fourth-order valence-electron chi connectivity index (χ4n) is 3.43. The van der Waals surface area contributed by atoms with E-state index in [1.807, 2.05) is 18.4 Å². The lowest BCUT2D eigenvalue weighted by atomic mass is 10.1. The van der Waals surface area contributed by atoms with Gasteiger partial charge in [-0.15, -0.1) is 11.8 Å². The molecule has 0 spiro atoms. The second kappa shape index (κ2) is 13.6. The molecule has 0 aliphatic rings. The summed E-state index contributed by atoms with van der Waals surface area (Å²) in [5.74, 6) is 1.97. The van der Waals surface area contributed by atoms with E-state index in [9.17, 15) is 18.3 Å². The molecule has 0 aliphatic carbocycles. The van der Waals surface area contributed by atoms with Gasteiger partial charge in [0, 0.05) is 6.42 Å². The first-order valence-corrected chi connectivity index (χ1v) is 15.5. The van der Waals surface area contributed by atoms with E-state index in [-0.39, 0.29) is 21.9 Å². The van der Waals surface area contributed by atoms with Gasteiger partial charge in [-0.2, -0.15) is 8.42 Å². The molecule has 0 aliphatic heterocycles. The van der Waals surface area contributed by atoms with Crippen LogP contribution >= 0.6 is 23.5 Å². The molecule has 192 valence electrons. The van der Waals surface area contributed by atoms with Gasteiger partial charge in [-0.3, -0.25) is 4.79 Å². The highest BCUT2D eigenvalue weighted by atomic mass is 32.2. The van der Waals surface area contributed by atoms with E-state index in [4.69, 9.17) is 8.92 Å². The van der Waals surface area contributed by atoms with Crippen molar-refractivity contribution in [1.29, 1.82) is 0 Å². The van der Waals surface area contributed by atoms with Gasteiger partial charge in [0.25, 0.3) is 0 Å². The third-order valence-electron chi connectivity index (χ3n) is 5.29. The monoisotopic (exact) mass is 546 g/mol. The quantitative estimate of drug-likeness (QED) is 0.295. The van der Waals surface area contributed by atoms with Crippen molar-refractivity contribution in [1.82, 2.24) is 0 Å². The fraction of sp³-hybridized carbons (Fsp3) is 0.296. The maximum Gasteiger partial charge on any atom is 0.306 e. The van der Waals surface area contributed by atoms with E-state index >= 15 is 0 Å². The summed E-state index contributed by atoms with van der Waals surface area (Å²) in [4.78, 5) is 12.5. The molecule has 1 N–H and O–H groups in total. The number of rotatable bonds is 13. The molecule has 0 radical (unpaired) electrons. The first-order chi connectivity index (χ1) is 17.2. The lowest BCUT2D eigenvalue weighted by Crippen LogP contribution is -2.18. The Labute approximate surface area is 221 Å². The van der Waals surface area contributed by atoms with Gasteiger partial charge < -0.3 is 14.0 Å². The van der Waals surface area contributed by atoms with Crippen LogP contribution in [0.15, 0.2) is 72.8 Å². The molecule has 3 aromatic carbocycles. The number of aryl methyl sites for hydroxylation is 1. The predicted molar refractivity (Wildman–Crippen MR) is 148 cm³/mol. The third-order valence-corrected chi connectivity index (χ3v) is 7.84. The van der Waals surface area contributed by atoms with Crippen molar-refractivity contribution in [2.24, 2.45) is 0 Å². The topological polar surface area (TPSA) is 89.9 Å². The standard InChI is InChI=1S/C27H30O6S3/c1-34-27(29)26(35-18-16-21-7-9-23(28)10-8-21)19-22-5-3-20(4-6-22)15-17-32-24-11-13-25(14-12-24)33-36(2,30)31/h3-14,26,28H,15-19H2,1-2H3. The number of phenolic OH excluding ortho intramolecular Hbond substituents is 1. The summed E-state index contributed by atoms with van der Waals surface area (Å²) < 4.78 is 32.9. The number of aromatic hydroxyl groups is 1. The fourth-order valence-corrected chi connectivity index (χ4v) is 5.82. The Morgan fingerprint density at radius 2 is 1.42 bits per heavy atom. The molecular weight excluding hydrogens is 516 g/mol. The summed E-state index contributed by atoms with van der Waals surface area (Å²) in [6.07, 6.45) is 5.07. The SMILES string of the molecule is CSC(=O)C(Cc1ccc(CCOc2ccc(OS(C)(=O)=O)cc2)cc1)SCCc1ccc(O)cc1. The summed E-state index contributed by atoms with van der Waals surface area (Å²) in [7, 11) is -3.55. The van der Waals surface area contributed by atoms with E-state index in [0.29, 0.717) is 18.8 Å². The van der Waals surface area contributed by atoms with Crippen LogP contribution in [0.2, 0.25) is 0 Å². The number of benzene rings is 3. The number of hydrogen-bond acceptors (Lipinski definition) is 8. The molecule has 3 aromatic rings. The number of thioether (sulfide) groups is 2. The molecule has 9 heteroatoms. The van der Waals surface area contributed by atoms with Crippen molar-refractivity contribution < 1.29 is 27.2 Å². The Bertz CT molecular complexity index is 1210. The van der Waals surface area contributed by atoms with Crippen LogP contribution in [0, 0.1) is 0 Å². The van der Waals surface area contributed by atoms with Gasteiger partial charge in [-0.05, 0) is 77.9 Å². The number of phenols is 1. The van der Waals surface area contributed by atoms with Gasteiger partial charge in [-0.25, -0.2) is 0 Å². The second-order valence-corrected chi connectivity index (χ2v) is 11.9. The molecule has 0 saturated carbocycles. The van der Waals surface area contributed by atoms with Crippen LogP contribution in [-0.4, -0.2) is 48.8 Å². The largest absolute Gasteiger partial charge is 0.508 e. The molecule has 1 atom stereocenters. The Morgan fingerprint density at radius 1 is 0.861 bits per heavy atom. The first kappa shape index (κ1) is 28.0. The van der Waals surface area contributed by atoms with Gasteiger partial charge in [0.15, 0.2) is 0 Å². The average Bonchev–Trinajstić information content (AvgIpc) is 2.85. The summed E-state index contributed by atoms with van der Waals surface area (Å²) >= 11 is 2.94. The van der Waals surface area contributed by atoms with Crippen LogP contribution in [-0.2, 0) is 34.2 Å². The van der Waals surface area contributed by atoms with Crippen molar-refractivity contribution in [2.45, 2.75) is 24.5 Å². The zero-order valence-electron chi connectivity index (χ0n) is 20.3. The van der Waals surface area contributed by atoms with E-state index in [0.717, 1.165) is 41.5 Å². The van der Waals surface area contributed by atoms with Gasteiger partial charge in [0.2, 0.25) is 5.12 Å². The first-order valence-electron chi connectivity index (χ1n) is 11.4. The molecule has 0 heterocycles. The van der Waals surface area contributed by atoms with Crippen LogP contribution in [0.5, 0.6) is 17.2 Å². The highest BCUT2D eigenvalue weighted by Gasteiger charge is 2.18. The second-order valence-electron chi connectivity index (χ2n) is 8.18. The molecule has 0 bridgehead atoms. The smallest absolute Gasteiger partial charge is 0.306 e. The predicted octanol–water partition coefficient (Wildman–Crippen LogP) is 5.13. The normalized spacial score (nSPS) is 12.2. The summed E-state index contributed by atoms with van der Waals surface area (Å²) in [5, 5.41) is 9.48. The lowest BCUT2D eigenvalue weighted by Gasteiger charge is -2.15. The maximum atomic E-state index is 12.5. The van der Waals surface area contributed by atoms with Gasteiger partial charge in [0.05, 0.1) is 18.1 Å². The van der Waals surface area contributed by atoms with E-state index in [1.165, 1.54) is 11.8 Å². The zero-order valence-corrected chi connectivity index (χ0v) is 22.7. The van der Waals surface area contributed by atoms with Gasteiger partial charge in [0.1, 0.15) is 17.2 Å². The molecule has 36 heavy (non-hydrogen) atoms. The molecule has 0 fully saturated rings. The minimum atomic E-state index is -3.55. The Balaban J connectivity index is 1.46. The van der Waals surface area contributed by atoms with Crippen LogP contribution in [0.4, 0.5) is 0 Å². The van der Waals surface area contributed by atoms with Crippen molar-refractivity contribution in [3.63, 3.8) is 0 Å². The third kappa shape index (κ3) is 9.79. The van der Waals surface area contributed by atoms with Crippen molar-refractivity contribution >= 4 is 38.8 Å². The Morgan fingerprint density at radius 3 is 2.03 bits per heavy atom. The summed E-state index contributed by atoms with van der Waals surface area (Å²) in [6.45, 7) is 0.478. The lowest BCUT2D eigenvalue weighted by molar-refractivity contribution is -0.110. The zero-order chi connectivity index (χ0) is 26.0. The average molecular weight is 547 g/mol. The van der Waals surface area contributed by atoms with E-state index in [2.05, 4.69) is 24.3 Å². The molecule has 0 amide bonds. The molecule has 6 nitrogen and oxygen atoms in total. The van der Waals surface area contributed by atoms with Crippen LogP contribution in [0.1, 0.15) is 16.7 Å². The van der Waals surface area contributed by atoms with E-state index in [1.54, 1.807) is 48.2 Å². The van der Waals surface area contributed by atoms with Crippen molar-refractivity contribution in [3.05, 3.63) is 89.5 Å².